The van der Waals surface area contributed by atoms with Crippen LogP contribution in [-0.4, -0.2) is 23.4 Å². The fraction of sp³-hybridized carbons (Fsp3) is 0.462. The molecule has 18 heavy (non-hydrogen) atoms. The number of benzene rings is 1. The molecule has 0 spiro atoms. The van der Waals surface area contributed by atoms with Crippen molar-refractivity contribution in [3.8, 4) is 0 Å². The van der Waals surface area contributed by atoms with Gasteiger partial charge in [0, 0.05) is 11.6 Å². The van der Waals surface area contributed by atoms with Crippen LogP contribution in [0.2, 0.25) is 0 Å². The monoisotopic (exact) mass is 251 g/mol. The third-order valence-corrected chi connectivity index (χ3v) is 3.54. The van der Waals surface area contributed by atoms with E-state index in [0.717, 1.165) is 18.4 Å². The van der Waals surface area contributed by atoms with Gasteiger partial charge in [0.1, 0.15) is 0 Å². The maximum Gasteiger partial charge on any atom is 0.263 e. The molecule has 1 aliphatic heterocycles. The zero-order valence-corrected chi connectivity index (χ0v) is 9.89. The Balaban J connectivity index is 1.82. The maximum absolute atomic E-state index is 12.5. The average molecular weight is 251 g/mol. The van der Waals surface area contributed by atoms with Gasteiger partial charge >= 0.3 is 0 Å². The van der Waals surface area contributed by atoms with Crippen molar-refractivity contribution in [1.29, 1.82) is 0 Å². The van der Waals surface area contributed by atoms with Gasteiger partial charge in [-0.1, -0.05) is 24.3 Å². The molecule has 5 heteroatoms. The third-order valence-electron chi connectivity index (χ3n) is 3.54. The van der Waals surface area contributed by atoms with E-state index in [-0.39, 0.29) is 11.6 Å². The smallest absolute Gasteiger partial charge is 0.263 e. The lowest BCUT2D eigenvalue weighted by molar-refractivity contribution is 0.151. The number of hydrogen-bond donors (Lipinski definition) is 1. The SMILES string of the molecule is NC1=NCC(c2ccc(C(F)F)cc2)N1C1CC1. The number of rotatable bonds is 3. The van der Waals surface area contributed by atoms with Crippen LogP contribution in [0.25, 0.3) is 0 Å². The van der Waals surface area contributed by atoms with E-state index in [1.54, 1.807) is 12.1 Å². The molecule has 2 N–H and O–H groups in total. The van der Waals surface area contributed by atoms with Crippen LogP contribution in [0.15, 0.2) is 29.3 Å². The van der Waals surface area contributed by atoms with E-state index in [2.05, 4.69) is 9.89 Å². The summed E-state index contributed by atoms with van der Waals surface area (Å²) in [6, 6.07) is 7.09. The van der Waals surface area contributed by atoms with Gasteiger partial charge in [-0.2, -0.15) is 0 Å². The van der Waals surface area contributed by atoms with Crippen LogP contribution in [0.5, 0.6) is 0 Å². The lowest BCUT2D eigenvalue weighted by Crippen LogP contribution is -2.37. The topological polar surface area (TPSA) is 41.6 Å². The van der Waals surface area contributed by atoms with Crippen molar-refractivity contribution in [2.75, 3.05) is 6.54 Å². The molecule has 2 aliphatic rings. The highest BCUT2D eigenvalue weighted by atomic mass is 19.3. The summed E-state index contributed by atoms with van der Waals surface area (Å²) in [5.41, 5.74) is 6.95. The van der Waals surface area contributed by atoms with E-state index in [1.165, 1.54) is 12.1 Å². The van der Waals surface area contributed by atoms with Gasteiger partial charge in [0.2, 0.25) is 0 Å². The molecule has 1 heterocycles. The second-order valence-corrected chi connectivity index (χ2v) is 4.82. The molecule has 0 aromatic heterocycles. The zero-order valence-electron chi connectivity index (χ0n) is 9.89. The van der Waals surface area contributed by atoms with Crippen molar-refractivity contribution in [1.82, 2.24) is 4.90 Å². The van der Waals surface area contributed by atoms with Gasteiger partial charge in [-0.05, 0) is 18.4 Å². The molecule has 0 amide bonds. The van der Waals surface area contributed by atoms with E-state index in [1.807, 2.05) is 0 Å². The van der Waals surface area contributed by atoms with Crippen molar-refractivity contribution in [3.63, 3.8) is 0 Å². The molecular weight excluding hydrogens is 236 g/mol. The molecule has 0 saturated heterocycles. The van der Waals surface area contributed by atoms with Crippen molar-refractivity contribution in [2.45, 2.75) is 31.4 Å². The quantitative estimate of drug-likeness (QED) is 0.896. The van der Waals surface area contributed by atoms with Gasteiger partial charge in [-0.25, -0.2) is 8.78 Å². The van der Waals surface area contributed by atoms with Crippen LogP contribution < -0.4 is 5.73 Å². The molecule has 3 nitrogen and oxygen atoms in total. The molecule has 1 atom stereocenters. The van der Waals surface area contributed by atoms with E-state index in [9.17, 15) is 8.78 Å². The Morgan fingerprint density at radius 3 is 2.44 bits per heavy atom. The van der Waals surface area contributed by atoms with Crippen LogP contribution in [-0.2, 0) is 0 Å². The number of aliphatic imine (C=N–C) groups is 1. The fourth-order valence-corrected chi connectivity index (χ4v) is 2.43. The number of alkyl halides is 2. The van der Waals surface area contributed by atoms with E-state index < -0.39 is 6.43 Å². The summed E-state index contributed by atoms with van der Waals surface area (Å²) < 4.78 is 25.0. The van der Waals surface area contributed by atoms with Crippen LogP contribution in [0.3, 0.4) is 0 Å². The summed E-state index contributed by atoms with van der Waals surface area (Å²) in [7, 11) is 0. The first-order valence-electron chi connectivity index (χ1n) is 6.13. The van der Waals surface area contributed by atoms with E-state index >= 15 is 0 Å². The minimum atomic E-state index is -2.41. The Kier molecular flexibility index (Phi) is 2.69. The summed E-state index contributed by atoms with van der Waals surface area (Å²) in [6.07, 6.45) is -0.132. The second-order valence-electron chi connectivity index (χ2n) is 4.82. The lowest BCUT2D eigenvalue weighted by atomic mass is 10.0. The molecule has 3 rings (SSSR count). The van der Waals surface area contributed by atoms with Gasteiger partial charge in [0.05, 0.1) is 12.6 Å². The van der Waals surface area contributed by atoms with Gasteiger partial charge in [0.25, 0.3) is 6.43 Å². The Hall–Kier alpha value is -1.65. The fourth-order valence-electron chi connectivity index (χ4n) is 2.43. The lowest BCUT2D eigenvalue weighted by Gasteiger charge is -2.26. The van der Waals surface area contributed by atoms with Gasteiger partial charge in [-0.15, -0.1) is 0 Å². The normalized spacial score (nSPS) is 23.6. The molecule has 1 unspecified atom stereocenters. The summed E-state index contributed by atoms with van der Waals surface area (Å²) in [4.78, 5) is 6.39. The molecule has 1 aromatic rings. The molecular formula is C13H15F2N3. The Morgan fingerprint density at radius 1 is 1.22 bits per heavy atom. The predicted molar refractivity (Wildman–Crippen MR) is 65.5 cm³/mol. The van der Waals surface area contributed by atoms with Crippen molar-refractivity contribution >= 4 is 5.96 Å². The first-order chi connectivity index (χ1) is 8.66. The van der Waals surface area contributed by atoms with Crippen molar-refractivity contribution in [3.05, 3.63) is 35.4 Å². The van der Waals surface area contributed by atoms with Crippen LogP contribution in [0.4, 0.5) is 8.78 Å². The highest BCUT2D eigenvalue weighted by Crippen LogP contribution is 2.37. The molecule has 1 aliphatic carbocycles. The largest absolute Gasteiger partial charge is 0.370 e. The molecule has 1 fully saturated rings. The van der Waals surface area contributed by atoms with Crippen molar-refractivity contribution in [2.24, 2.45) is 10.7 Å². The van der Waals surface area contributed by atoms with Crippen LogP contribution >= 0.6 is 0 Å². The predicted octanol–water partition coefficient (Wildman–Crippen LogP) is 2.46. The van der Waals surface area contributed by atoms with Gasteiger partial charge in [-0.3, -0.25) is 4.99 Å². The molecule has 0 radical (unpaired) electrons. The average Bonchev–Trinajstić information content (AvgIpc) is 3.13. The number of halogens is 2. The first kappa shape index (κ1) is 11.4. The summed E-state index contributed by atoms with van der Waals surface area (Å²) in [5, 5.41) is 0. The highest BCUT2D eigenvalue weighted by Gasteiger charge is 2.38. The molecule has 1 saturated carbocycles. The standard InChI is InChI=1S/C13H15F2N3/c14-12(15)9-3-1-8(2-4-9)11-7-17-13(16)18(11)10-5-6-10/h1-4,10-12H,5-7H2,(H2,16,17). The summed E-state index contributed by atoms with van der Waals surface area (Å²) in [5.74, 6) is 0.584. The van der Waals surface area contributed by atoms with E-state index in [0.29, 0.717) is 18.5 Å². The number of hydrogen-bond acceptors (Lipinski definition) is 3. The summed E-state index contributed by atoms with van der Waals surface area (Å²) >= 11 is 0. The molecule has 1 aromatic carbocycles. The second kappa shape index (κ2) is 4.23. The van der Waals surface area contributed by atoms with Crippen molar-refractivity contribution < 1.29 is 8.78 Å². The Bertz CT molecular complexity index is 466. The van der Waals surface area contributed by atoms with E-state index in [4.69, 9.17) is 5.73 Å². The molecule has 96 valence electrons. The Labute approximate surface area is 104 Å². The minimum Gasteiger partial charge on any atom is -0.370 e. The highest BCUT2D eigenvalue weighted by molar-refractivity contribution is 5.81. The first-order valence-corrected chi connectivity index (χ1v) is 6.13. The Morgan fingerprint density at radius 2 is 1.89 bits per heavy atom. The van der Waals surface area contributed by atoms with Crippen LogP contribution in [0, 0.1) is 0 Å². The molecule has 0 bridgehead atoms. The maximum atomic E-state index is 12.5. The van der Waals surface area contributed by atoms with Gasteiger partial charge < -0.3 is 10.6 Å². The number of nitrogens with zero attached hydrogens (tertiary/aromatic N) is 2. The summed E-state index contributed by atoms with van der Waals surface area (Å²) in [6.45, 7) is 0.621. The number of nitrogens with two attached hydrogens (primary N) is 1. The number of guanidine groups is 1. The van der Waals surface area contributed by atoms with Crippen LogP contribution in [0.1, 0.15) is 36.4 Å². The zero-order chi connectivity index (χ0) is 12.7. The van der Waals surface area contributed by atoms with Gasteiger partial charge in [0.15, 0.2) is 5.96 Å². The third kappa shape index (κ3) is 1.94. The minimum absolute atomic E-state index is 0.0589.